The van der Waals surface area contributed by atoms with Gasteiger partial charge in [0.05, 0.1) is 11.4 Å². The Labute approximate surface area is 140 Å². The van der Waals surface area contributed by atoms with Gasteiger partial charge in [-0.2, -0.15) is 0 Å². The van der Waals surface area contributed by atoms with E-state index < -0.39 is 9.84 Å². The Morgan fingerprint density at radius 2 is 1.83 bits per heavy atom. The summed E-state index contributed by atoms with van der Waals surface area (Å²) in [4.78, 5) is 8.09. The van der Waals surface area contributed by atoms with Crippen molar-refractivity contribution in [2.75, 3.05) is 0 Å². The molecular weight excluding hydrogens is 326 g/mol. The van der Waals surface area contributed by atoms with Crippen LogP contribution in [-0.4, -0.2) is 23.0 Å². The molecule has 2 heterocycles. The van der Waals surface area contributed by atoms with E-state index in [9.17, 15) is 8.42 Å². The van der Waals surface area contributed by atoms with E-state index in [0.29, 0.717) is 17.9 Å². The molecule has 0 fully saturated rings. The number of pyridine rings is 1. The number of sulfone groups is 1. The average molecular weight is 343 g/mol. The summed E-state index contributed by atoms with van der Waals surface area (Å²) in [6.45, 7) is 0.367. The van der Waals surface area contributed by atoms with Crippen LogP contribution in [0.2, 0.25) is 0 Å². The fourth-order valence-electron chi connectivity index (χ4n) is 2.26. The maximum Gasteiger partial charge on any atom is 0.227 e. The quantitative estimate of drug-likeness (QED) is 0.687. The fourth-order valence-corrected chi connectivity index (χ4v) is 3.74. The Kier molecular flexibility index (Phi) is 4.61. The normalized spacial score (nSPS) is 11.4. The van der Waals surface area contributed by atoms with Crippen molar-refractivity contribution >= 4 is 9.84 Å². The summed E-state index contributed by atoms with van der Waals surface area (Å²) in [6, 6.07) is 12.6. The van der Waals surface area contributed by atoms with Crippen LogP contribution in [0, 0.1) is 0 Å². The molecule has 0 amide bonds. The lowest BCUT2D eigenvalue weighted by Gasteiger charge is -2.07. The van der Waals surface area contributed by atoms with Gasteiger partial charge >= 0.3 is 0 Å². The topological polar surface area (TPSA) is 74.1 Å². The fraction of sp³-hybridized carbons (Fsp3) is 0.176. The first-order valence-corrected chi connectivity index (χ1v) is 9.01. The van der Waals surface area contributed by atoms with E-state index >= 15 is 0 Å². The summed E-state index contributed by atoms with van der Waals surface area (Å²) in [7, 11) is -1.81. The molecule has 124 valence electrons. The standard InChI is InChI=1S/C17H17N3O3S/c1-20-11-10-19-17(20)24(21,22)13-14-5-7-16(8-6-14)23-12-15-4-2-3-9-18-15/h2-11H,12-13H2,1H3. The van der Waals surface area contributed by atoms with Crippen LogP contribution in [0.5, 0.6) is 5.75 Å². The average Bonchev–Trinajstić information content (AvgIpc) is 3.02. The molecule has 24 heavy (non-hydrogen) atoms. The lowest BCUT2D eigenvalue weighted by molar-refractivity contribution is 0.301. The van der Waals surface area contributed by atoms with Crippen LogP contribution in [0.15, 0.2) is 66.2 Å². The van der Waals surface area contributed by atoms with Gasteiger partial charge in [0.2, 0.25) is 15.0 Å². The van der Waals surface area contributed by atoms with Crippen molar-refractivity contribution in [2.45, 2.75) is 17.5 Å². The molecule has 0 atom stereocenters. The summed E-state index contributed by atoms with van der Waals surface area (Å²) < 4.78 is 31.9. The highest BCUT2D eigenvalue weighted by Gasteiger charge is 2.19. The molecule has 6 nitrogen and oxygen atoms in total. The maximum atomic E-state index is 12.4. The van der Waals surface area contributed by atoms with Gasteiger partial charge in [0.15, 0.2) is 0 Å². The van der Waals surface area contributed by atoms with Gasteiger partial charge in [-0.1, -0.05) is 18.2 Å². The second-order valence-electron chi connectivity index (χ2n) is 5.33. The Bertz CT molecular complexity index is 904. The van der Waals surface area contributed by atoms with Gasteiger partial charge in [0.25, 0.3) is 0 Å². The molecule has 2 aromatic heterocycles. The van der Waals surface area contributed by atoms with Crippen LogP contribution >= 0.6 is 0 Å². The maximum absolute atomic E-state index is 12.4. The smallest absolute Gasteiger partial charge is 0.227 e. The summed E-state index contributed by atoms with van der Waals surface area (Å²) in [6.07, 6.45) is 4.80. The molecule has 0 unspecified atom stereocenters. The first kappa shape index (κ1) is 16.2. The lowest BCUT2D eigenvalue weighted by atomic mass is 10.2. The summed E-state index contributed by atoms with van der Waals surface area (Å²) >= 11 is 0. The number of aromatic nitrogens is 3. The predicted octanol–water partition coefficient (Wildman–Crippen LogP) is 2.37. The van der Waals surface area contributed by atoms with Crippen molar-refractivity contribution in [3.05, 3.63) is 72.3 Å². The lowest BCUT2D eigenvalue weighted by Crippen LogP contribution is -2.10. The van der Waals surface area contributed by atoms with Crippen molar-refractivity contribution in [1.29, 1.82) is 0 Å². The highest BCUT2D eigenvalue weighted by atomic mass is 32.2. The van der Waals surface area contributed by atoms with E-state index in [2.05, 4.69) is 9.97 Å². The minimum atomic E-state index is -3.47. The number of hydrogen-bond acceptors (Lipinski definition) is 5. The SMILES string of the molecule is Cn1ccnc1S(=O)(=O)Cc1ccc(OCc2ccccn2)cc1. The molecule has 3 rings (SSSR count). The van der Waals surface area contributed by atoms with Crippen LogP contribution in [0.25, 0.3) is 0 Å². The second-order valence-corrected chi connectivity index (χ2v) is 7.22. The van der Waals surface area contributed by atoms with Crippen LogP contribution < -0.4 is 4.74 Å². The van der Waals surface area contributed by atoms with Gasteiger partial charge < -0.3 is 9.30 Å². The number of ether oxygens (including phenoxy) is 1. The van der Waals surface area contributed by atoms with Crippen LogP contribution in [0.3, 0.4) is 0 Å². The van der Waals surface area contributed by atoms with E-state index in [1.165, 1.54) is 10.8 Å². The van der Waals surface area contributed by atoms with E-state index in [1.807, 2.05) is 18.2 Å². The second kappa shape index (κ2) is 6.84. The molecule has 0 aliphatic rings. The predicted molar refractivity (Wildman–Crippen MR) is 89.1 cm³/mol. The monoisotopic (exact) mass is 343 g/mol. The van der Waals surface area contributed by atoms with Crippen LogP contribution in [0.1, 0.15) is 11.3 Å². The Balaban J connectivity index is 1.65. The highest BCUT2D eigenvalue weighted by molar-refractivity contribution is 7.90. The minimum Gasteiger partial charge on any atom is -0.487 e. The van der Waals surface area contributed by atoms with Crippen LogP contribution in [0.4, 0.5) is 0 Å². The zero-order chi connectivity index (χ0) is 17.0. The summed E-state index contributed by atoms with van der Waals surface area (Å²) in [5, 5.41) is 0.0676. The van der Waals surface area contributed by atoms with Crippen molar-refractivity contribution in [3.63, 3.8) is 0 Å². The number of imidazole rings is 1. The third-order valence-electron chi connectivity index (χ3n) is 3.45. The molecule has 3 aromatic rings. The van der Waals surface area contributed by atoms with Gasteiger partial charge in [-0.05, 0) is 29.8 Å². The van der Waals surface area contributed by atoms with Crippen molar-refractivity contribution in [1.82, 2.24) is 14.5 Å². The molecule has 0 radical (unpaired) electrons. The minimum absolute atomic E-state index is 0.0676. The summed E-state index contributed by atoms with van der Waals surface area (Å²) in [5.74, 6) is 0.567. The Hall–Kier alpha value is -2.67. The van der Waals surface area contributed by atoms with Crippen molar-refractivity contribution in [2.24, 2.45) is 7.05 Å². The van der Waals surface area contributed by atoms with E-state index in [1.54, 1.807) is 43.7 Å². The molecule has 0 aliphatic carbocycles. The largest absolute Gasteiger partial charge is 0.487 e. The molecule has 7 heteroatoms. The molecule has 0 aliphatic heterocycles. The zero-order valence-corrected chi connectivity index (χ0v) is 14.0. The summed E-state index contributed by atoms with van der Waals surface area (Å²) in [5.41, 5.74) is 1.52. The number of benzene rings is 1. The van der Waals surface area contributed by atoms with E-state index in [0.717, 1.165) is 5.69 Å². The van der Waals surface area contributed by atoms with Crippen molar-refractivity contribution < 1.29 is 13.2 Å². The number of nitrogens with zero attached hydrogens (tertiary/aromatic N) is 3. The third kappa shape index (κ3) is 3.80. The zero-order valence-electron chi connectivity index (χ0n) is 13.2. The van der Waals surface area contributed by atoms with Gasteiger partial charge in [-0.15, -0.1) is 0 Å². The Morgan fingerprint density at radius 1 is 1.04 bits per heavy atom. The molecule has 1 aromatic carbocycles. The molecule has 0 saturated heterocycles. The highest BCUT2D eigenvalue weighted by Crippen LogP contribution is 2.18. The number of rotatable bonds is 6. The van der Waals surface area contributed by atoms with Gasteiger partial charge in [0.1, 0.15) is 12.4 Å². The Morgan fingerprint density at radius 3 is 2.46 bits per heavy atom. The third-order valence-corrected chi connectivity index (χ3v) is 5.11. The molecular formula is C17H17N3O3S. The van der Waals surface area contributed by atoms with Gasteiger partial charge in [-0.3, -0.25) is 4.98 Å². The number of hydrogen-bond donors (Lipinski definition) is 0. The van der Waals surface area contributed by atoms with E-state index in [-0.39, 0.29) is 10.9 Å². The molecule has 0 bridgehead atoms. The first-order chi connectivity index (χ1) is 11.5. The molecule has 0 N–H and O–H groups in total. The number of aryl methyl sites for hydroxylation is 1. The van der Waals surface area contributed by atoms with Crippen LogP contribution in [-0.2, 0) is 29.2 Å². The van der Waals surface area contributed by atoms with Gasteiger partial charge in [-0.25, -0.2) is 13.4 Å². The van der Waals surface area contributed by atoms with Gasteiger partial charge in [0, 0.05) is 25.6 Å². The molecule has 0 spiro atoms. The van der Waals surface area contributed by atoms with Crippen molar-refractivity contribution in [3.8, 4) is 5.75 Å². The first-order valence-electron chi connectivity index (χ1n) is 7.36. The van der Waals surface area contributed by atoms with E-state index in [4.69, 9.17) is 4.74 Å². The molecule has 0 saturated carbocycles.